The van der Waals surface area contributed by atoms with Crippen LogP contribution in [0.15, 0.2) is 12.1 Å². The number of carboxylic acid groups (broad SMARTS) is 1. The van der Waals surface area contributed by atoms with Gasteiger partial charge in [-0.25, -0.2) is 4.39 Å². The third kappa shape index (κ3) is 1.94. The summed E-state index contributed by atoms with van der Waals surface area (Å²) in [5.41, 5.74) is 4.98. The zero-order chi connectivity index (χ0) is 10.9. The van der Waals surface area contributed by atoms with Gasteiger partial charge >= 0.3 is 5.97 Å². The summed E-state index contributed by atoms with van der Waals surface area (Å²) in [5, 5.41) is 17.5. The lowest BCUT2D eigenvalue weighted by atomic mass is 10.1. The maximum Gasteiger partial charge on any atom is 0.325 e. The van der Waals surface area contributed by atoms with Gasteiger partial charge in [-0.05, 0) is 6.07 Å². The lowest BCUT2D eigenvalue weighted by molar-refractivity contribution is -0.138. The number of hydrogen-bond donors (Lipinski definition) is 3. The Kier molecular flexibility index (Phi) is 2.93. The van der Waals surface area contributed by atoms with Crippen molar-refractivity contribution in [2.24, 2.45) is 5.73 Å². The molecule has 4 nitrogen and oxygen atoms in total. The molecule has 1 aromatic carbocycles. The quantitative estimate of drug-likeness (QED) is 0.699. The average molecular weight is 220 g/mol. The number of aromatic hydroxyl groups is 1. The third-order valence-corrected chi connectivity index (χ3v) is 1.96. The third-order valence-electron chi connectivity index (χ3n) is 1.67. The fourth-order valence-corrected chi connectivity index (χ4v) is 1.09. The first-order chi connectivity index (χ1) is 6.43. The second-order valence-electron chi connectivity index (χ2n) is 2.64. The first-order valence-corrected chi connectivity index (χ1v) is 3.97. The summed E-state index contributed by atoms with van der Waals surface area (Å²) in [7, 11) is 0. The first-order valence-electron chi connectivity index (χ1n) is 3.59. The van der Waals surface area contributed by atoms with Crippen molar-refractivity contribution in [3.05, 3.63) is 28.5 Å². The molecule has 1 aromatic rings. The molecule has 76 valence electrons. The predicted octanol–water partition coefficient (Wildman–Crippen LogP) is 1.27. The molecule has 0 heterocycles. The van der Waals surface area contributed by atoms with Gasteiger partial charge in [0.1, 0.15) is 17.6 Å². The van der Waals surface area contributed by atoms with Gasteiger partial charge in [-0.2, -0.15) is 0 Å². The molecule has 1 rings (SSSR count). The van der Waals surface area contributed by atoms with Crippen LogP contribution < -0.4 is 5.73 Å². The molecule has 1 atom stereocenters. The summed E-state index contributed by atoms with van der Waals surface area (Å²) in [6, 6.07) is 0.243. The van der Waals surface area contributed by atoms with Crippen molar-refractivity contribution < 1.29 is 19.4 Å². The topological polar surface area (TPSA) is 83.6 Å². The molecule has 0 aliphatic carbocycles. The van der Waals surface area contributed by atoms with Crippen LogP contribution >= 0.6 is 11.6 Å². The fraction of sp³-hybridized carbons (Fsp3) is 0.125. The molecular formula is C8H7ClFNO3. The number of benzene rings is 1. The zero-order valence-corrected chi connectivity index (χ0v) is 7.62. The molecule has 4 N–H and O–H groups in total. The smallest absolute Gasteiger partial charge is 0.325 e. The molecule has 0 aliphatic rings. The van der Waals surface area contributed by atoms with E-state index >= 15 is 0 Å². The molecule has 1 unspecified atom stereocenters. The Balaban J connectivity index is 3.22. The van der Waals surface area contributed by atoms with Gasteiger partial charge in [0.05, 0.1) is 5.02 Å². The van der Waals surface area contributed by atoms with Crippen LogP contribution in [0.1, 0.15) is 11.6 Å². The van der Waals surface area contributed by atoms with Gasteiger partial charge in [-0.15, -0.1) is 0 Å². The van der Waals surface area contributed by atoms with E-state index in [-0.39, 0.29) is 10.6 Å². The van der Waals surface area contributed by atoms with Crippen LogP contribution in [0.5, 0.6) is 5.75 Å². The van der Waals surface area contributed by atoms with E-state index in [2.05, 4.69) is 0 Å². The standard InChI is InChI=1S/C8H7ClFNO3/c9-4-2-6(12)3(1-5(4)10)7(11)8(13)14/h1-2,7,12H,11H2,(H,13,14). The number of nitrogens with two attached hydrogens (primary N) is 1. The van der Waals surface area contributed by atoms with Crippen LogP contribution in [0.2, 0.25) is 5.02 Å². The summed E-state index contributed by atoms with van der Waals surface area (Å²) in [6.45, 7) is 0. The van der Waals surface area contributed by atoms with Gasteiger partial charge in [0.25, 0.3) is 0 Å². The van der Waals surface area contributed by atoms with Gasteiger partial charge in [0.2, 0.25) is 0 Å². The van der Waals surface area contributed by atoms with E-state index in [1.807, 2.05) is 0 Å². The van der Waals surface area contributed by atoms with Crippen molar-refractivity contribution in [3.8, 4) is 5.75 Å². The van der Waals surface area contributed by atoms with Crippen molar-refractivity contribution in [3.63, 3.8) is 0 Å². The Morgan fingerprint density at radius 1 is 1.57 bits per heavy atom. The highest BCUT2D eigenvalue weighted by Crippen LogP contribution is 2.28. The van der Waals surface area contributed by atoms with Gasteiger partial charge in [0.15, 0.2) is 0 Å². The Morgan fingerprint density at radius 2 is 2.14 bits per heavy atom. The molecule has 0 radical (unpaired) electrons. The van der Waals surface area contributed by atoms with E-state index in [1.165, 1.54) is 0 Å². The van der Waals surface area contributed by atoms with Crippen molar-refractivity contribution in [1.82, 2.24) is 0 Å². The maximum absolute atomic E-state index is 12.9. The van der Waals surface area contributed by atoms with Gasteiger partial charge in [-0.3, -0.25) is 4.79 Å². The number of phenolic OH excluding ortho intramolecular Hbond substituents is 1. The molecule has 0 saturated carbocycles. The second kappa shape index (κ2) is 3.81. The molecule has 0 aromatic heterocycles. The minimum Gasteiger partial charge on any atom is -0.508 e. The highest BCUT2D eigenvalue weighted by molar-refractivity contribution is 6.30. The molecule has 14 heavy (non-hydrogen) atoms. The molecule has 0 saturated heterocycles. The predicted molar refractivity (Wildman–Crippen MR) is 47.6 cm³/mol. The van der Waals surface area contributed by atoms with Crippen molar-refractivity contribution in [2.75, 3.05) is 0 Å². The molecule has 0 aliphatic heterocycles. The number of aliphatic carboxylic acids is 1. The Morgan fingerprint density at radius 3 is 2.64 bits per heavy atom. The number of rotatable bonds is 2. The lowest BCUT2D eigenvalue weighted by Crippen LogP contribution is -2.20. The van der Waals surface area contributed by atoms with Crippen LogP contribution in [0, 0.1) is 5.82 Å². The largest absolute Gasteiger partial charge is 0.508 e. The lowest BCUT2D eigenvalue weighted by Gasteiger charge is -2.09. The minimum atomic E-state index is -1.47. The number of carboxylic acids is 1. The second-order valence-corrected chi connectivity index (χ2v) is 3.05. The maximum atomic E-state index is 12.9. The SMILES string of the molecule is NC(C(=O)O)c1cc(F)c(Cl)cc1O. The molecule has 0 spiro atoms. The van der Waals surface area contributed by atoms with E-state index in [0.717, 1.165) is 12.1 Å². The van der Waals surface area contributed by atoms with E-state index in [9.17, 15) is 14.3 Å². The van der Waals surface area contributed by atoms with E-state index in [0.29, 0.717) is 0 Å². The number of carbonyl (C=O) groups is 1. The van der Waals surface area contributed by atoms with Crippen LogP contribution in [0.3, 0.4) is 0 Å². The molecular weight excluding hydrogens is 213 g/mol. The normalized spacial score (nSPS) is 12.5. The average Bonchev–Trinajstić information content (AvgIpc) is 2.10. The summed E-state index contributed by atoms with van der Waals surface area (Å²) in [6.07, 6.45) is 0. The summed E-state index contributed by atoms with van der Waals surface area (Å²) < 4.78 is 12.9. The Bertz CT molecular complexity index is 383. The van der Waals surface area contributed by atoms with Crippen molar-refractivity contribution in [1.29, 1.82) is 0 Å². The number of phenols is 1. The van der Waals surface area contributed by atoms with Gasteiger partial charge < -0.3 is 15.9 Å². The summed E-state index contributed by atoms with van der Waals surface area (Å²) in [5.74, 6) is -2.62. The number of hydrogen-bond acceptors (Lipinski definition) is 3. The van der Waals surface area contributed by atoms with Gasteiger partial charge in [-0.1, -0.05) is 11.6 Å². The molecule has 6 heteroatoms. The highest BCUT2D eigenvalue weighted by Gasteiger charge is 2.19. The molecule has 0 amide bonds. The fourth-order valence-electron chi connectivity index (χ4n) is 0.934. The zero-order valence-electron chi connectivity index (χ0n) is 6.87. The Labute approximate surface area is 83.7 Å². The van der Waals surface area contributed by atoms with E-state index < -0.39 is 23.6 Å². The van der Waals surface area contributed by atoms with Crippen LogP contribution in [-0.4, -0.2) is 16.2 Å². The van der Waals surface area contributed by atoms with Crippen molar-refractivity contribution >= 4 is 17.6 Å². The molecule has 0 bridgehead atoms. The van der Waals surface area contributed by atoms with Crippen molar-refractivity contribution in [2.45, 2.75) is 6.04 Å². The number of halogens is 2. The monoisotopic (exact) mass is 219 g/mol. The van der Waals surface area contributed by atoms with E-state index in [1.54, 1.807) is 0 Å². The Hall–Kier alpha value is -1.33. The van der Waals surface area contributed by atoms with Crippen LogP contribution in [0.25, 0.3) is 0 Å². The molecule has 0 fully saturated rings. The first kappa shape index (κ1) is 10.7. The van der Waals surface area contributed by atoms with Gasteiger partial charge in [0, 0.05) is 11.6 Å². The van der Waals surface area contributed by atoms with Crippen LogP contribution in [-0.2, 0) is 4.79 Å². The highest BCUT2D eigenvalue weighted by atomic mass is 35.5. The minimum absolute atomic E-state index is 0.209. The van der Waals surface area contributed by atoms with E-state index in [4.69, 9.17) is 22.4 Å². The summed E-state index contributed by atoms with van der Waals surface area (Å²) >= 11 is 5.35. The summed E-state index contributed by atoms with van der Waals surface area (Å²) in [4.78, 5) is 10.5. The van der Waals surface area contributed by atoms with Crippen LogP contribution in [0.4, 0.5) is 4.39 Å².